The number of nitrogens with zero attached hydrogens (tertiary/aromatic N) is 1. The first-order valence-electron chi connectivity index (χ1n) is 5.75. The largest absolute Gasteiger partial charge is 0.483 e. The zero-order valence-electron chi connectivity index (χ0n) is 9.46. The van der Waals surface area contributed by atoms with Gasteiger partial charge in [-0.15, -0.1) is 0 Å². The maximum Gasteiger partial charge on any atom is 0.310 e. The summed E-state index contributed by atoms with van der Waals surface area (Å²) in [6, 6.07) is 4.48. The van der Waals surface area contributed by atoms with E-state index in [2.05, 4.69) is 0 Å². The number of ether oxygens (including phenoxy) is 1. The van der Waals surface area contributed by atoms with Crippen LogP contribution in [0.15, 0.2) is 18.2 Å². The van der Waals surface area contributed by atoms with Gasteiger partial charge in [0, 0.05) is 6.07 Å². The number of benzene rings is 1. The summed E-state index contributed by atoms with van der Waals surface area (Å²) in [5.41, 5.74) is 0.595. The Morgan fingerprint density at radius 2 is 2.12 bits per heavy atom. The van der Waals surface area contributed by atoms with E-state index in [-0.39, 0.29) is 24.1 Å². The highest BCUT2D eigenvalue weighted by molar-refractivity contribution is 5.48. The number of aliphatic hydroxyl groups excluding tert-OH is 1. The van der Waals surface area contributed by atoms with Gasteiger partial charge in [0.05, 0.1) is 17.6 Å². The number of hydrogen-bond acceptors (Lipinski definition) is 4. The van der Waals surface area contributed by atoms with E-state index in [9.17, 15) is 10.1 Å². The standard InChI is InChI=1S/C12H15NO4/c14-8-9-5-6-11(13(15)16)12(7-9)17-10-3-1-2-4-10/h5-7,10,14H,1-4,8H2. The topological polar surface area (TPSA) is 72.6 Å². The summed E-state index contributed by atoms with van der Waals surface area (Å²) < 4.78 is 5.66. The van der Waals surface area contributed by atoms with Gasteiger partial charge in [0.25, 0.3) is 0 Å². The van der Waals surface area contributed by atoms with Gasteiger partial charge in [-0.05, 0) is 43.4 Å². The van der Waals surface area contributed by atoms with Crippen LogP contribution >= 0.6 is 0 Å². The lowest BCUT2D eigenvalue weighted by molar-refractivity contribution is -0.386. The molecule has 1 saturated carbocycles. The highest BCUT2D eigenvalue weighted by Crippen LogP contribution is 2.32. The second-order valence-electron chi connectivity index (χ2n) is 4.24. The average molecular weight is 237 g/mol. The molecule has 5 nitrogen and oxygen atoms in total. The lowest BCUT2D eigenvalue weighted by Crippen LogP contribution is -2.12. The predicted octanol–water partition coefficient (Wildman–Crippen LogP) is 2.41. The Kier molecular flexibility index (Phi) is 3.58. The zero-order chi connectivity index (χ0) is 12.3. The van der Waals surface area contributed by atoms with Gasteiger partial charge in [0.1, 0.15) is 0 Å². The highest BCUT2D eigenvalue weighted by atomic mass is 16.6. The Hall–Kier alpha value is -1.62. The molecule has 1 aromatic carbocycles. The van der Waals surface area contributed by atoms with E-state index in [0.29, 0.717) is 5.56 Å². The fraction of sp³-hybridized carbons (Fsp3) is 0.500. The lowest BCUT2D eigenvalue weighted by Gasteiger charge is -2.13. The molecule has 92 valence electrons. The lowest BCUT2D eigenvalue weighted by atomic mass is 10.2. The van der Waals surface area contributed by atoms with Gasteiger partial charge >= 0.3 is 5.69 Å². The molecule has 1 aliphatic carbocycles. The smallest absolute Gasteiger partial charge is 0.310 e. The minimum atomic E-state index is -0.453. The molecule has 0 aromatic heterocycles. The number of nitro benzene ring substituents is 1. The Bertz CT molecular complexity index is 413. The number of rotatable bonds is 4. The molecule has 1 aromatic rings. The molecule has 0 aliphatic heterocycles. The van der Waals surface area contributed by atoms with Crippen LogP contribution < -0.4 is 4.74 Å². The Balaban J connectivity index is 2.24. The first-order chi connectivity index (χ1) is 8.20. The summed E-state index contributed by atoms with van der Waals surface area (Å²) >= 11 is 0. The van der Waals surface area contributed by atoms with Gasteiger partial charge in [-0.2, -0.15) is 0 Å². The van der Waals surface area contributed by atoms with E-state index in [1.54, 1.807) is 12.1 Å². The van der Waals surface area contributed by atoms with Gasteiger partial charge in [0.15, 0.2) is 5.75 Å². The molecule has 0 amide bonds. The molecular formula is C12H15NO4. The van der Waals surface area contributed by atoms with E-state index in [4.69, 9.17) is 9.84 Å². The van der Waals surface area contributed by atoms with Crippen molar-refractivity contribution >= 4 is 5.69 Å². The molecule has 2 rings (SSSR count). The van der Waals surface area contributed by atoms with Crippen molar-refractivity contribution in [3.63, 3.8) is 0 Å². The summed E-state index contributed by atoms with van der Waals surface area (Å²) in [6.07, 6.45) is 4.18. The van der Waals surface area contributed by atoms with E-state index < -0.39 is 4.92 Å². The van der Waals surface area contributed by atoms with Crippen molar-refractivity contribution in [2.75, 3.05) is 0 Å². The van der Waals surface area contributed by atoms with Crippen LogP contribution in [0.3, 0.4) is 0 Å². The Labute approximate surface area is 99.2 Å². The first kappa shape index (κ1) is 11.9. The van der Waals surface area contributed by atoms with Crippen molar-refractivity contribution in [1.29, 1.82) is 0 Å². The molecule has 0 radical (unpaired) electrons. The van der Waals surface area contributed by atoms with Gasteiger partial charge in [-0.25, -0.2) is 0 Å². The van der Waals surface area contributed by atoms with Crippen molar-refractivity contribution in [1.82, 2.24) is 0 Å². The molecule has 0 saturated heterocycles. The molecule has 0 atom stereocenters. The molecule has 0 spiro atoms. The zero-order valence-corrected chi connectivity index (χ0v) is 9.46. The predicted molar refractivity (Wildman–Crippen MR) is 61.9 cm³/mol. The number of hydrogen-bond donors (Lipinski definition) is 1. The maximum absolute atomic E-state index is 10.9. The molecule has 0 bridgehead atoms. The number of nitro groups is 1. The summed E-state index contributed by atoms with van der Waals surface area (Å²) in [5.74, 6) is 0.272. The Morgan fingerprint density at radius 3 is 2.71 bits per heavy atom. The van der Waals surface area contributed by atoms with Crippen molar-refractivity contribution in [2.24, 2.45) is 0 Å². The van der Waals surface area contributed by atoms with Crippen LogP contribution in [0.4, 0.5) is 5.69 Å². The van der Waals surface area contributed by atoms with Crippen LogP contribution in [0.25, 0.3) is 0 Å². The average Bonchev–Trinajstić information content (AvgIpc) is 2.81. The van der Waals surface area contributed by atoms with Gasteiger partial charge in [-0.1, -0.05) is 0 Å². The molecule has 1 aliphatic rings. The fourth-order valence-corrected chi connectivity index (χ4v) is 2.09. The normalized spacial score (nSPS) is 16.1. The Morgan fingerprint density at radius 1 is 1.41 bits per heavy atom. The molecule has 5 heteroatoms. The van der Waals surface area contributed by atoms with E-state index in [1.807, 2.05) is 0 Å². The van der Waals surface area contributed by atoms with Gasteiger partial charge < -0.3 is 9.84 Å². The minimum Gasteiger partial charge on any atom is -0.483 e. The summed E-state index contributed by atoms with van der Waals surface area (Å²) in [4.78, 5) is 10.4. The van der Waals surface area contributed by atoms with Crippen LogP contribution in [0, 0.1) is 10.1 Å². The van der Waals surface area contributed by atoms with Crippen molar-refractivity contribution < 1.29 is 14.8 Å². The SMILES string of the molecule is O=[N+]([O-])c1ccc(CO)cc1OC1CCCC1. The summed E-state index contributed by atoms with van der Waals surface area (Å²) in [5, 5.41) is 19.9. The van der Waals surface area contributed by atoms with Crippen LogP contribution in [0.1, 0.15) is 31.2 Å². The fourth-order valence-electron chi connectivity index (χ4n) is 2.09. The quantitative estimate of drug-likeness (QED) is 0.644. The monoisotopic (exact) mass is 237 g/mol. The van der Waals surface area contributed by atoms with Crippen LogP contribution in [-0.2, 0) is 6.61 Å². The highest BCUT2D eigenvalue weighted by Gasteiger charge is 2.22. The maximum atomic E-state index is 10.9. The van der Waals surface area contributed by atoms with Crippen molar-refractivity contribution in [3.8, 4) is 5.75 Å². The van der Waals surface area contributed by atoms with Crippen LogP contribution in [-0.4, -0.2) is 16.1 Å². The summed E-state index contributed by atoms with van der Waals surface area (Å²) in [7, 11) is 0. The van der Waals surface area contributed by atoms with E-state index >= 15 is 0 Å². The molecule has 17 heavy (non-hydrogen) atoms. The van der Waals surface area contributed by atoms with Gasteiger partial charge in [-0.3, -0.25) is 10.1 Å². The molecule has 1 N–H and O–H groups in total. The second kappa shape index (κ2) is 5.14. The molecular weight excluding hydrogens is 222 g/mol. The molecule has 0 unspecified atom stereocenters. The third-order valence-electron chi connectivity index (χ3n) is 3.00. The third-order valence-corrected chi connectivity index (χ3v) is 3.00. The van der Waals surface area contributed by atoms with E-state index in [1.165, 1.54) is 6.07 Å². The second-order valence-corrected chi connectivity index (χ2v) is 4.24. The van der Waals surface area contributed by atoms with Crippen molar-refractivity contribution in [3.05, 3.63) is 33.9 Å². The van der Waals surface area contributed by atoms with Crippen molar-refractivity contribution in [2.45, 2.75) is 38.4 Å². The van der Waals surface area contributed by atoms with E-state index in [0.717, 1.165) is 25.7 Å². The van der Waals surface area contributed by atoms with Gasteiger partial charge in [0.2, 0.25) is 0 Å². The number of aliphatic hydroxyl groups is 1. The van der Waals surface area contributed by atoms with Crippen LogP contribution in [0.2, 0.25) is 0 Å². The van der Waals surface area contributed by atoms with Crippen LogP contribution in [0.5, 0.6) is 5.75 Å². The first-order valence-corrected chi connectivity index (χ1v) is 5.75. The summed E-state index contributed by atoms with van der Waals surface area (Å²) in [6.45, 7) is -0.140. The molecule has 0 heterocycles. The molecule has 1 fully saturated rings. The third kappa shape index (κ3) is 2.74. The minimum absolute atomic E-state index is 0.0332.